The van der Waals surface area contributed by atoms with Gasteiger partial charge in [-0.15, -0.1) is 0 Å². The molecule has 0 aliphatic heterocycles. The standard InChI is InChI=1S/C11H18F2O4/c1-4-17-10(15)11(2,3)8(14)5-6-16-7-9(12)13/h9H,4-7H2,1-3H3. The predicted molar refractivity (Wildman–Crippen MR) is 56.9 cm³/mol. The number of Topliss-reactive ketones (excluding diaryl/α,β-unsaturated/α-hetero) is 1. The number of esters is 1. The first kappa shape index (κ1) is 16.0. The van der Waals surface area contributed by atoms with E-state index in [1.54, 1.807) is 6.92 Å². The minimum absolute atomic E-state index is 0.0848. The lowest BCUT2D eigenvalue weighted by Gasteiger charge is -2.20. The lowest BCUT2D eigenvalue weighted by atomic mass is 9.86. The van der Waals surface area contributed by atoms with E-state index in [4.69, 9.17) is 4.74 Å². The van der Waals surface area contributed by atoms with Gasteiger partial charge < -0.3 is 9.47 Å². The van der Waals surface area contributed by atoms with Gasteiger partial charge in [0.1, 0.15) is 12.0 Å². The summed E-state index contributed by atoms with van der Waals surface area (Å²) >= 11 is 0. The summed E-state index contributed by atoms with van der Waals surface area (Å²) in [5.74, 6) is -0.996. The Bertz CT molecular complexity index is 264. The summed E-state index contributed by atoms with van der Waals surface area (Å²) in [4.78, 5) is 23.1. The van der Waals surface area contributed by atoms with Gasteiger partial charge in [0.2, 0.25) is 0 Å². The molecule has 0 radical (unpaired) electrons. The number of rotatable bonds is 8. The Morgan fingerprint density at radius 1 is 1.29 bits per heavy atom. The Labute approximate surface area is 99.3 Å². The molecule has 0 unspecified atom stereocenters. The molecule has 6 heteroatoms. The van der Waals surface area contributed by atoms with Crippen molar-refractivity contribution in [1.29, 1.82) is 0 Å². The minimum Gasteiger partial charge on any atom is -0.465 e. The van der Waals surface area contributed by atoms with Gasteiger partial charge in [-0.3, -0.25) is 9.59 Å². The van der Waals surface area contributed by atoms with Crippen molar-refractivity contribution in [3.8, 4) is 0 Å². The summed E-state index contributed by atoms with van der Waals surface area (Å²) in [6.07, 6.45) is -2.64. The molecule has 17 heavy (non-hydrogen) atoms. The van der Waals surface area contributed by atoms with Crippen LogP contribution >= 0.6 is 0 Å². The monoisotopic (exact) mass is 252 g/mol. The first-order valence-corrected chi connectivity index (χ1v) is 5.38. The van der Waals surface area contributed by atoms with E-state index in [2.05, 4.69) is 4.74 Å². The zero-order valence-electron chi connectivity index (χ0n) is 10.3. The van der Waals surface area contributed by atoms with Crippen molar-refractivity contribution in [2.75, 3.05) is 19.8 Å². The van der Waals surface area contributed by atoms with Gasteiger partial charge in [-0.2, -0.15) is 0 Å². The Kier molecular flexibility index (Phi) is 6.87. The third kappa shape index (κ3) is 5.72. The van der Waals surface area contributed by atoms with E-state index in [0.717, 1.165) is 0 Å². The third-order valence-corrected chi connectivity index (χ3v) is 2.20. The number of ether oxygens (including phenoxy) is 2. The van der Waals surface area contributed by atoms with Crippen molar-refractivity contribution in [3.05, 3.63) is 0 Å². The molecule has 0 heterocycles. The largest absolute Gasteiger partial charge is 0.465 e. The maximum Gasteiger partial charge on any atom is 0.319 e. The zero-order chi connectivity index (χ0) is 13.5. The van der Waals surface area contributed by atoms with Gasteiger partial charge >= 0.3 is 5.97 Å². The molecule has 4 nitrogen and oxygen atoms in total. The third-order valence-electron chi connectivity index (χ3n) is 2.20. The number of hydrogen-bond donors (Lipinski definition) is 0. The Balaban J connectivity index is 4.07. The number of carbonyl (C=O) groups is 2. The van der Waals surface area contributed by atoms with Gasteiger partial charge in [0.25, 0.3) is 6.43 Å². The van der Waals surface area contributed by atoms with Crippen LogP contribution in [0.15, 0.2) is 0 Å². The molecule has 0 aliphatic carbocycles. The van der Waals surface area contributed by atoms with Crippen LogP contribution in [0.5, 0.6) is 0 Å². The van der Waals surface area contributed by atoms with Gasteiger partial charge in [-0.1, -0.05) is 0 Å². The van der Waals surface area contributed by atoms with E-state index >= 15 is 0 Å². The van der Waals surface area contributed by atoms with Crippen molar-refractivity contribution in [1.82, 2.24) is 0 Å². The molecule has 0 N–H and O–H groups in total. The highest BCUT2D eigenvalue weighted by atomic mass is 19.3. The van der Waals surface area contributed by atoms with E-state index in [-0.39, 0.29) is 25.4 Å². The van der Waals surface area contributed by atoms with Crippen molar-refractivity contribution >= 4 is 11.8 Å². The fourth-order valence-electron chi connectivity index (χ4n) is 1.08. The van der Waals surface area contributed by atoms with E-state index in [9.17, 15) is 18.4 Å². The van der Waals surface area contributed by atoms with Crippen LogP contribution in [0.25, 0.3) is 0 Å². The maximum atomic E-state index is 11.7. The van der Waals surface area contributed by atoms with E-state index in [0.29, 0.717) is 0 Å². The van der Waals surface area contributed by atoms with Crippen molar-refractivity contribution in [2.24, 2.45) is 5.41 Å². The molecule has 0 amide bonds. The van der Waals surface area contributed by atoms with Crippen molar-refractivity contribution in [2.45, 2.75) is 33.6 Å². The fraction of sp³-hybridized carbons (Fsp3) is 0.818. The zero-order valence-corrected chi connectivity index (χ0v) is 10.3. The maximum absolute atomic E-state index is 11.7. The van der Waals surface area contributed by atoms with E-state index < -0.39 is 24.4 Å². The highest BCUT2D eigenvalue weighted by Crippen LogP contribution is 2.20. The Morgan fingerprint density at radius 2 is 1.88 bits per heavy atom. The van der Waals surface area contributed by atoms with Gasteiger partial charge in [-0.25, -0.2) is 8.78 Å². The number of ketones is 1. The lowest BCUT2D eigenvalue weighted by Crippen LogP contribution is -2.35. The molecule has 0 aromatic heterocycles. The number of halogens is 2. The van der Waals surface area contributed by atoms with E-state index in [1.165, 1.54) is 13.8 Å². The summed E-state index contributed by atoms with van der Waals surface area (Å²) in [5.41, 5.74) is -1.26. The molecular weight excluding hydrogens is 234 g/mol. The Morgan fingerprint density at radius 3 is 2.35 bits per heavy atom. The molecule has 0 aromatic rings. The highest BCUT2D eigenvalue weighted by molar-refractivity contribution is 6.02. The van der Waals surface area contributed by atoms with Crippen LogP contribution in [0, 0.1) is 5.41 Å². The molecule has 0 aliphatic rings. The van der Waals surface area contributed by atoms with Crippen LogP contribution in [-0.2, 0) is 19.1 Å². The summed E-state index contributed by atoms with van der Waals surface area (Å²) in [6, 6.07) is 0. The second-order valence-corrected chi connectivity index (χ2v) is 3.98. The smallest absolute Gasteiger partial charge is 0.319 e. The quantitative estimate of drug-likeness (QED) is 0.375. The number of hydrogen-bond acceptors (Lipinski definition) is 4. The second-order valence-electron chi connectivity index (χ2n) is 3.98. The second kappa shape index (κ2) is 7.32. The van der Waals surface area contributed by atoms with Gasteiger partial charge in [0.05, 0.1) is 13.2 Å². The minimum atomic E-state index is -2.55. The average Bonchev–Trinajstić information content (AvgIpc) is 2.23. The molecule has 0 saturated carbocycles. The normalized spacial score (nSPS) is 11.6. The molecule has 100 valence electrons. The van der Waals surface area contributed by atoms with Crippen LogP contribution < -0.4 is 0 Å². The van der Waals surface area contributed by atoms with E-state index in [1.807, 2.05) is 0 Å². The van der Waals surface area contributed by atoms with Gasteiger partial charge in [0, 0.05) is 6.42 Å². The molecule has 0 saturated heterocycles. The van der Waals surface area contributed by atoms with Gasteiger partial charge in [0.15, 0.2) is 5.78 Å². The SMILES string of the molecule is CCOC(=O)C(C)(C)C(=O)CCOCC(F)F. The molecule has 0 bridgehead atoms. The van der Waals surface area contributed by atoms with Crippen LogP contribution in [0.1, 0.15) is 27.2 Å². The fourth-order valence-corrected chi connectivity index (χ4v) is 1.08. The lowest BCUT2D eigenvalue weighted by molar-refractivity contribution is -0.158. The topological polar surface area (TPSA) is 52.6 Å². The molecule has 0 spiro atoms. The first-order valence-electron chi connectivity index (χ1n) is 5.38. The molecule has 0 fully saturated rings. The van der Waals surface area contributed by atoms with Crippen molar-refractivity contribution in [3.63, 3.8) is 0 Å². The number of alkyl halides is 2. The molecule has 0 atom stereocenters. The predicted octanol–water partition coefficient (Wildman–Crippen LogP) is 1.82. The molecular formula is C11H18F2O4. The Hall–Kier alpha value is -1.04. The van der Waals surface area contributed by atoms with Crippen molar-refractivity contribution < 1.29 is 27.8 Å². The van der Waals surface area contributed by atoms with Gasteiger partial charge in [-0.05, 0) is 20.8 Å². The van der Waals surface area contributed by atoms with Crippen LogP contribution in [0.4, 0.5) is 8.78 Å². The summed E-state index contributed by atoms with van der Waals surface area (Å²) in [5, 5.41) is 0. The first-order chi connectivity index (χ1) is 7.82. The average molecular weight is 252 g/mol. The van der Waals surface area contributed by atoms with Crippen LogP contribution in [0.2, 0.25) is 0 Å². The molecule has 0 aromatic carbocycles. The summed E-state index contributed by atoms with van der Waals surface area (Å²) < 4.78 is 32.8. The summed E-state index contributed by atoms with van der Waals surface area (Å²) in [6.45, 7) is 3.90. The summed E-state index contributed by atoms with van der Waals surface area (Å²) in [7, 11) is 0. The molecule has 0 rings (SSSR count). The van der Waals surface area contributed by atoms with Crippen LogP contribution in [0.3, 0.4) is 0 Å². The van der Waals surface area contributed by atoms with Crippen LogP contribution in [-0.4, -0.2) is 38.0 Å². The number of carbonyl (C=O) groups excluding carboxylic acids is 2. The highest BCUT2D eigenvalue weighted by Gasteiger charge is 2.36.